The van der Waals surface area contributed by atoms with Crippen molar-refractivity contribution in [2.75, 3.05) is 20.4 Å². The largest absolute Gasteiger partial charge is 0.382 e. The number of ether oxygens (including phenoxy) is 2. The lowest BCUT2D eigenvalue weighted by Gasteiger charge is -2.20. The lowest BCUT2D eigenvalue weighted by atomic mass is 9.96. The lowest BCUT2D eigenvalue weighted by molar-refractivity contribution is -0.00895. The number of hydrogen-bond donors (Lipinski definition) is 0. The Morgan fingerprint density at radius 3 is 2.79 bits per heavy atom. The lowest BCUT2D eigenvalue weighted by Crippen LogP contribution is -2.28. The highest BCUT2D eigenvalue weighted by Gasteiger charge is 2.35. The van der Waals surface area contributed by atoms with Crippen molar-refractivity contribution in [3.05, 3.63) is 0 Å². The molecule has 1 fully saturated rings. The maximum Gasteiger partial charge on any atom is 0.216 e. The summed E-state index contributed by atoms with van der Waals surface area (Å²) < 4.78 is 27.6. The molecule has 2 unspecified atom stereocenters. The molecule has 7 heteroatoms. The second-order valence-corrected chi connectivity index (χ2v) is 6.79. The highest BCUT2D eigenvalue weighted by atomic mass is 31.2. The van der Waals surface area contributed by atoms with Crippen molar-refractivity contribution in [1.82, 2.24) is 0 Å². The molecule has 0 saturated carbocycles. The molecular formula is C7H17B2O4P. The van der Waals surface area contributed by atoms with E-state index in [1.807, 2.05) is 7.85 Å². The van der Waals surface area contributed by atoms with Gasteiger partial charge in [0.1, 0.15) is 21.2 Å². The molecule has 0 radical (unpaired) electrons. The van der Waals surface area contributed by atoms with Crippen molar-refractivity contribution < 1.29 is 18.6 Å². The first-order valence-electron chi connectivity index (χ1n) is 4.80. The third-order valence-electron chi connectivity index (χ3n) is 2.11. The summed E-state index contributed by atoms with van der Waals surface area (Å²) in [6.07, 6.45) is 0.619. The van der Waals surface area contributed by atoms with Crippen molar-refractivity contribution in [2.45, 2.75) is 24.6 Å². The molecule has 0 aromatic heterocycles. The van der Waals surface area contributed by atoms with Crippen LogP contribution in [0, 0.1) is 0 Å². The van der Waals surface area contributed by atoms with Gasteiger partial charge in [0, 0.05) is 19.8 Å². The Hall–Kier alpha value is 0.240. The van der Waals surface area contributed by atoms with Crippen LogP contribution in [0.4, 0.5) is 0 Å². The zero-order valence-corrected chi connectivity index (χ0v) is 10.1. The molecule has 0 aromatic carbocycles. The normalized spacial score (nSPS) is 36.9. The van der Waals surface area contributed by atoms with Gasteiger partial charge in [-0.2, -0.15) is 0 Å². The maximum absolute atomic E-state index is 11.5. The van der Waals surface area contributed by atoms with Crippen LogP contribution in [0.5, 0.6) is 0 Å². The van der Waals surface area contributed by atoms with Crippen molar-refractivity contribution in [3.63, 3.8) is 0 Å². The molecular weight excluding hydrogens is 201 g/mol. The molecule has 1 aliphatic heterocycles. The van der Waals surface area contributed by atoms with Gasteiger partial charge < -0.3 is 18.6 Å². The third-order valence-corrected chi connectivity index (χ3v) is 2.88. The average Bonchev–Trinajstić information content (AvgIpc) is 2.28. The Labute approximate surface area is 86.9 Å². The van der Waals surface area contributed by atoms with Crippen LogP contribution in [0.3, 0.4) is 0 Å². The van der Waals surface area contributed by atoms with Crippen LogP contribution in [0.2, 0.25) is 0 Å². The fraction of sp³-hybridized carbons (Fsp3) is 1.00. The number of methoxy groups -OCH3 is 1. The van der Waals surface area contributed by atoms with E-state index in [9.17, 15) is 4.57 Å². The third kappa shape index (κ3) is 3.77. The summed E-state index contributed by atoms with van der Waals surface area (Å²) in [6, 6.07) is 0.159. The Balaban J connectivity index is 2.53. The quantitative estimate of drug-likeness (QED) is 0.458. The van der Waals surface area contributed by atoms with Crippen molar-refractivity contribution in [1.29, 1.82) is 0 Å². The van der Waals surface area contributed by atoms with Gasteiger partial charge in [0.25, 0.3) is 0 Å². The van der Waals surface area contributed by atoms with E-state index in [4.69, 9.17) is 14.0 Å². The highest BCUT2D eigenvalue weighted by molar-refractivity contribution is 7.82. The van der Waals surface area contributed by atoms with Crippen LogP contribution in [0.15, 0.2) is 0 Å². The first kappa shape index (κ1) is 12.3. The molecule has 1 rings (SSSR count). The molecule has 4 atom stereocenters. The van der Waals surface area contributed by atoms with E-state index >= 15 is 0 Å². The van der Waals surface area contributed by atoms with E-state index in [0.717, 1.165) is 6.42 Å². The number of rotatable bonds is 4. The van der Waals surface area contributed by atoms with E-state index in [1.54, 1.807) is 21.3 Å². The summed E-state index contributed by atoms with van der Waals surface area (Å²) in [5, 5.41) is 0. The Bertz CT molecular complexity index is 232. The van der Waals surface area contributed by atoms with Gasteiger partial charge in [-0.1, -0.05) is 0 Å². The van der Waals surface area contributed by atoms with Gasteiger partial charge in [-0.05, 0) is 6.42 Å². The van der Waals surface area contributed by atoms with Crippen LogP contribution < -0.4 is 0 Å². The first-order valence-corrected chi connectivity index (χ1v) is 7.32. The maximum atomic E-state index is 11.5. The molecule has 0 amide bonds. The second kappa shape index (κ2) is 4.84. The summed E-state index contributed by atoms with van der Waals surface area (Å²) in [7, 11) is 2.80. The summed E-state index contributed by atoms with van der Waals surface area (Å²) in [4.78, 5) is 0. The fourth-order valence-electron chi connectivity index (χ4n) is 1.67. The second-order valence-electron chi connectivity index (χ2n) is 4.07. The molecule has 4 nitrogen and oxygen atoms in total. The molecule has 0 aliphatic carbocycles. The van der Waals surface area contributed by atoms with Gasteiger partial charge >= 0.3 is 0 Å². The summed E-state index contributed by atoms with van der Waals surface area (Å²) >= 11 is 0. The Morgan fingerprint density at radius 2 is 2.29 bits per heavy atom. The SMILES string of the molecule is B[C@H]1CC(OP(B)(C)=O)[C@@H](COC)O1. The van der Waals surface area contributed by atoms with Gasteiger partial charge in [0.2, 0.25) is 7.57 Å². The van der Waals surface area contributed by atoms with E-state index in [1.165, 1.54) is 0 Å². The minimum Gasteiger partial charge on any atom is -0.382 e. The van der Waals surface area contributed by atoms with Crippen molar-refractivity contribution in [2.24, 2.45) is 0 Å². The fourth-order valence-corrected chi connectivity index (χ4v) is 2.54. The molecule has 0 bridgehead atoms. The molecule has 1 saturated heterocycles. The monoisotopic (exact) mass is 218 g/mol. The van der Waals surface area contributed by atoms with E-state index in [2.05, 4.69) is 0 Å². The van der Waals surface area contributed by atoms with Gasteiger partial charge in [0.05, 0.1) is 12.7 Å². The molecule has 80 valence electrons. The van der Waals surface area contributed by atoms with Crippen LogP contribution in [0.1, 0.15) is 6.42 Å². The molecule has 0 spiro atoms. The average molecular weight is 218 g/mol. The Morgan fingerprint density at radius 1 is 1.64 bits per heavy atom. The zero-order valence-electron chi connectivity index (χ0n) is 9.23. The van der Waals surface area contributed by atoms with Crippen LogP contribution in [-0.4, -0.2) is 54.0 Å². The molecule has 0 N–H and O–H groups in total. The van der Waals surface area contributed by atoms with E-state index < -0.39 is 7.25 Å². The van der Waals surface area contributed by atoms with Crippen LogP contribution >= 0.6 is 7.25 Å². The predicted molar refractivity (Wildman–Crippen MR) is 60.6 cm³/mol. The van der Waals surface area contributed by atoms with Gasteiger partial charge in [-0.25, -0.2) is 0 Å². The molecule has 1 heterocycles. The molecule has 0 aromatic rings. The van der Waals surface area contributed by atoms with Crippen molar-refractivity contribution in [3.8, 4) is 0 Å². The summed E-state index contributed by atoms with van der Waals surface area (Å²) in [5.74, 6) is 0. The highest BCUT2D eigenvalue weighted by Crippen LogP contribution is 2.41. The van der Waals surface area contributed by atoms with Gasteiger partial charge in [0.15, 0.2) is 0 Å². The minimum absolute atomic E-state index is 0.0803. The first-order chi connectivity index (χ1) is 6.42. The van der Waals surface area contributed by atoms with E-state index in [0.29, 0.717) is 6.61 Å². The van der Waals surface area contributed by atoms with Crippen molar-refractivity contribution >= 4 is 22.7 Å². The minimum atomic E-state index is -2.44. The smallest absolute Gasteiger partial charge is 0.216 e. The molecule has 14 heavy (non-hydrogen) atoms. The van der Waals surface area contributed by atoms with Gasteiger partial charge in [-0.15, -0.1) is 0 Å². The topological polar surface area (TPSA) is 44.8 Å². The predicted octanol–water partition coefficient (Wildman–Crippen LogP) is -0.778. The zero-order chi connectivity index (χ0) is 10.8. The summed E-state index contributed by atoms with van der Waals surface area (Å²) in [5.41, 5.74) is 0. The molecule has 1 aliphatic rings. The van der Waals surface area contributed by atoms with Crippen LogP contribution in [0.25, 0.3) is 0 Å². The van der Waals surface area contributed by atoms with Crippen LogP contribution in [-0.2, 0) is 18.6 Å². The standard InChI is InChI=1S/C7H17B2O4P/c1-11-4-6-5(3-7(8)12-6)13-14(2,9)10/h5-7H,3-4,8-9H2,1-2H3/t5?,6-,7-,14?/m1/s1. The number of hydrogen-bond acceptors (Lipinski definition) is 4. The van der Waals surface area contributed by atoms with E-state index in [-0.39, 0.29) is 18.2 Å². The summed E-state index contributed by atoms with van der Waals surface area (Å²) in [6.45, 7) is 2.12. The Kier molecular flexibility index (Phi) is 4.26. The van der Waals surface area contributed by atoms with Gasteiger partial charge in [-0.3, -0.25) is 0 Å².